The molecule has 2 nitrogen and oxygen atoms in total. The summed E-state index contributed by atoms with van der Waals surface area (Å²) in [7, 11) is 1.67. The van der Waals surface area contributed by atoms with Gasteiger partial charge < -0.3 is 4.74 Å². The zero-order chi connectivity index (χ0) is 15.2. The SMILES string of the molecule is COc1cccc(C(C)(/C=C(\C)C=O)CC=C(C)C)c1. The average molecular weight is 272 g/mol. The summed E-state index contributed by atoms with van der Waals surface area (Å²) < 4.78 is 5.30. The van der Waals surface area contributed by atoms with Crippen LogP contribution in [0.15, 0.2) is 47.6 Å². The van der Waals surface area contributed by atoms with E-state index in [0.29, 0.717) is 0 Å². The first-order valence-electron chi connectivity index (χ1n) is 6.84. The van der Waals surface area contributed by atoms with Gasteiger partial charge in [0.2, 0.25) is 0 Å². The van der Waals surface area contributed by atoms with Crippen LogP contribution >= 0.6 is 0 Å². The fourth-order valence-electron chi connectivity index (χ4n) is 2.19. The summed E-state index contributed by atoms with van der Waals surface area (Å²) in [6, 6.07) is 8.03. The van der Waals surface area contributed by atoms with Gasteiger partial charge in [-0.15, -0.1) is 0 Å². The second-order valence-electron chi connectivity index (χ2n) is 5.64. The van der Waals surface area contributed by atoms with E-state index in [1.807, 2.05) is 31.2 Å². The molecule has 1 unspecified atom stereocenters. The van der Waals surface area contributed by atoms with Gasteiger partial charge in [0, 0.05) is 5.41 Å². The average Bonchev–Trinajstić information content (AvgIpc) is 2.45. The molecule has 20 heavy (non-hydrogen) atoms. The van der Waals surface area contributed by atoms with Crippen LogP contribution in [0, 0.1) is 0 Å². The summed E-state index contributed by atoms with van der Waals surface area (Å²) in [6.07, 6.45) is 6.00. The van der Waals surface area contributed by atoms with E-state index in [4.69, 9.17) is 4.74 Å². The Morgan fingerprint density at radius 2 is 2.00 bits per heavy atom. The number of ether oxygens (including phenoxy) is 1. The van der Waals surface area contributed by atoms with Gasteiger partial charge in [-0.25, -0.2) is 0 Å². The molecule has 0 radical (unpaired) electrons. The van der Waals surface area contributed by atoms with E-state index in [-0.39, 0.29) is 5.41 Å². The van der Waals surface area contributed by atoms with E-state index in [2.05, 4.69) is 32.9 Å². The van der Waals surface area contributed by atoms with Crippen LogP contribution < -0.4 is 4.74 Å². The second kappa shape index (κ2) is 7.09. The van der Waals surface area contributed by atoms with Crippen LogP contribution in [0.4, 0.5) is 0 Å². The van der Waals surface area contributed by atoms with Crippen LogP contribution in [0.5, 0.6) is 5.75 Å². The number of carbonyl (C=O) groups excluding carboxylic acids is 1. The zero-order valence-electron chi connectivity index (χ0n) is 13.1. The number of benzene rings is 1. The number of rotatable bonds is 6. The molecule has 1 aromatic carbocycles. The van der Waals surface area contributed by atoms with Crippen molar-refractivity contribution < 1.29 is 9.53 Å². The first-order valence-corrected chi connectivity index (χ1v) is 6.84. The minimum Gasteiger partial charge on any atom is -0.497 e. The van der Waals surface area contributed by atoms with Crippen LogP contribution in [-0.2, 0) is 10.2 Å². The van der Waals surface area contributed by atoms with Crippen molar-refractivity contribution in [3.63, 3.8) is 0 Å². The van der Waals surface area contributed by atoms with Crippen molar-refractivity contribution >= 4 is 6.29 Å². The van der Waals surface area contributed by atoms with Gasteiger partial charge >= 0.3 is 0 Å². The third-order valence-electron chi connectivity index (χ3n) is 3.40. The molecular formula is C18H24O2. The van der Waals surface area contributed by atoms with Crippen molar-refractivity contribution in [2.24, 2.45) is 0 Å². The van der Waals surface area contributed by atoms with Gasteiger partial charge in [0.25, 0.3) is 0 Å². The quantitative estimate of drug-likeness (QED) is 0.434. The lowest BCUT2D eigenvalue weighted by atomic mass is 9.77. The Bertz CT molecular complexity index is 522. The third-order valence-corrected chi connectivity index (χ3v) is 3.40. The Balaban J connectivity index is 3.28. The molecule has 0 aromatic heterocycles. The third kappa shape index (κ3) is 4.37. The molecule has 0 bridgehead atoms. The number of aldehydes is 1. The number of carbonyl (C=O) groups is 1. The predicted molar refractivity (Wildman–Crippen MR) is 84.2 cm³/mol. The van der Waals surface area contributed by atoms with E-state index >= 15 is 0 Å². The maximum absolute atomic E-state index is 11.0. The fourth-order valence-corrected chi connectivity index (χ4v) is 2.19. The maximum Gasteiger partial charge on any atom is 0.145 e. The van der Waals surface area contributed by atoms with Gasteiger partial charge in [-0.05, 0) is 50.5 Å². The highest BCUT2D eigenvalue weighted by atomic mass is 16.5. The first-order chi connectivity index (χ1) is 9.41. The molecule has 0 aliphatic heterocycles. The topological polar surface area (TPSA) is 26.3 Å². The van der Waals surface area contributed by atoms with Gasteiger partial charge in [-0.1, -0.05) is 36.8 Å². The minimum absolute atomic E-state index is 0.212. The highest BCUT2D eigenvalue weighted by Gasteiger charge is 2.23. The molecule has 0 saturated carbocycles. The number of allylic oxidation sites excluding steroid dienone is 4. The monoisotopic (exact) mass is 272 g/mol. The maximum atomic E-state index is 11.0. The molecule has 108 valence electrons. The van der Waals surface area contributed by atoms with Crippen LogP contribution in [0.3, 0.4) is 0 Å². The summed E-state index contributed by atoms with van der Waals surface area (Å²) in [6.45, 7) is 8.16. The van der Waals surface area contributed by atoms with E-state index in [0.717, 1.165) is 29.6 Å². The van der Waals surface area contributed by atoms with Crippen molar-refractivity contribution in [1.82, 2.24) is 0 Å². The van der Waals surface area contributed by atoms with Crippen molar-refractivity contribution in [3.05, 3.63) is 53.1 Å². The number of methoxy groups -OCH3 is 1. The Morgan fingerprint density at radius 1 is 1.30 bits per heavy atom. The van der Waals surface area contributed by atoms with E-state index < -0.39 is 0 Å². The van der Waals surface area contributed by atoms with Crippen molar-refractivity contribution in [1.29, 1.82) is 0 Å². The van der Waals surface area contributed by atoms with Gasteiger partial charge in [0.05, 0.1) is 7.11 Å². The molecule has 0 aliphatic rings. The highest BCUT2D eigenvalue weighted by molar-refractivity contribution is 5.72. The fraction of sp³-hybridized carbons (Fsp3) is 0.389. The van der Waals surface area contributed by atoms with Gasteiger partial charge in [0.1, 0.15) is 12.0 Å². The van der Waals surface area contributed by atoms with E-state index in [1.165, 1.54) is 5.57 Å². The van der Waals surface area contributed by atoms with Crippen LogP contribution in [-0.4, -0.2) is 13.4 Å². The van der Waals surface area contributed by atoms with Gasteiger partial charge in [0.15, 0.2) is 0 Å². The van der Waals surface area contributed by atoms with Gasteiger partial charge in [-0.3, -0.25) is 4.79 Å². The lowest BCUT2D eigenvalue weighted by Gasteiger charge is -2.26. The predicted octanol–water partition coefficient (Wildman–Crippen LogP) is 4.45. The molecule has 1 atom stereocenters. The lowest BCUT2D eigenvalue weighted by Crippen LogP contribution is -2.19. The summed E-state index contributed by atoms with van der Waals surface area (Å²) in [5.74, 6) is 0.836. The zero-order valence-corrected chi connectivity index (χ0v) is 13.1. The Hall–Kier alpha value is -1.83. The molecule has 1 aromatic rings. The van der Waals surface area contributed by atoms with Crippen LogP contribution in [0.1, 0.15) is 39.7 Å². The molecule has 0 N–H and O–H groups in total. The Morgan fingerprint density at radius 3 is 2.55 bits per heavy atom. The Kier molecular flexibility index (Phi) is 5.75. The van der Waals surface area contributed by atoms with Crippen LogP contribution in [0.2, 0.25) is 0 Å². The van der Waals surface area contributed by atoms with Crippen molar-refractivity contribution in [2.45, 2.75) is 39.5 Å². The molecule has 0 saturated heterocycles. The molecule has 0 aliphatic carbocycles. The molecular weight excluding hydrogens is 248 g/mol. The molecule has 1 rings (SSSR count). The molecule has 2 heteroatoms. The largest absolute Gasteiger partial charge is 0.497 e. The first kappa shape index (κ1) is 16.2. The minimum atomic E-state index is -0.212. The summed E-state index contributed by atoms with van der Waals surface area (Å²) in [4.78, 5) is 11.0. The number of hydrogen-bond donors (Lipinski definition) is 0. The molecule has 0 spiro atoms. The van der Waals surface area contributed by atoms with Crippen LogP contribution in [0.25, 0.3) is 0 Å². The molecule has 0 fully saturated rings. The van der Waals surface area contributed by atoms with Gasteiger partial charge in [-0.2, -0.15) is 0 Å². The highest BCUT2D eigenvalue weighted by Crippen LogP contribution is 2.33. The van der Waals surface area contributed by atoms with Crippen molar-refractivity contribution in [2.75, 3.05) is 7.11 Å². The molecule has 0 amide bonds. The van der Waals surface area contributed by atoms with Crippen molar-refractivity contribution in [3.8, 4) is 5.75 Å². The smallest absolute Gasteiger partial charge is 0.145 e. The normalized spacial score (nSPS) is 14.3. The Labute approximate surface area is 122 Å². The second-order valence-corrected chi connectivity index (χ2v) is 5.64. The summed E-state index contributed by atoms with van der Waals surface area (Å²) >= 11 is 0. The standard InChI is InChI=1S/C18H24O2/c1-14(2)9-10-18(4,12-15(3)13-19)16-7-6-8-17(11-16)20-5/h6-9,11-13H,10H2,1-5H3/b15-12+. The van der Waals surface area contributed by atoms with E-state index in [9.17, 15) is 4.79 Å². The van der Waals surface area contributed by atoms with E-state index in [1.54, 1.807) is 7.11 Å². The summed E-state index contributed by atoms with van der Waals surface area (Å²) in [5, 5.41) is 0. The summed E-state index contributed by atoms with van der Waals surface area (Å²) in [5.41, 5.74) is 2.96. The molecule has 0 heterocycles. The lowest BCUT2D eigenvalue weighted by molar-refractivity contribution is -0.104. The number of hydrogen-bond acceptors (Lipinski definition) is 2.